The van der Waals surface area contributed by atoms with Crippen molar-refractivity contribution < 1.29 is 9.53 Å². The number of amides is 1. The number of hydrogen-bond acceptors (Lipinski definition) is 3. The van der Waals surface area contributed by atoms with E-state index >= 15 is 0 Å². The number of ether oxygens (including phenoxy) is 1. The fourth-order valence-corrected chi connectivity index (χ4v) is 2.51. The third-order valence-corrected chi connectivity index (χ3v) is 3.48. The second-order valence-electron chi connectivity index (χ2n) is 6.48. The van der Waals surface area contributed by atoms with Crippen molar-refractivity contribution in [1.82, 2.24) is 5.01 Å². The Balaban J connectivity index is 2.39. The molecule has 106 valence electrons. The summed E-state index contributed by atoms with van der Waals surface area (Å²) in [6, 6.07) is 0.0444. The van der Waals surface area contributed by atoms with Crippen LogP contribution in [0.1, 0.15) is 66.2 Å². The molecule has 1 amide bonds. The van der Waals surface area contributed by atoms with E-state index in [2.05, 4.69) is 0 Å². The van der Waals surface area contributed by atoms with Gasteiger partial charge < -0.3 is 4.74 Å². The van der Waals surface area contributed by atoms with Crippen LogP contribution >= 0.6 is 0 Å². The van der Waals surface area contributed by atoms with Gasteiger partial charge in [0.2, 0.25) is 0 Å². The van der Waals surface area contributed by atoms with Gasteiger partial charge in [-0.25, -0.2) is 15.6 Å². The molecule has 4 nitrogen and oxygen atoms in total. The van der Waals surface area contributed by atoms with E-state index < -0.39 is 11.7 Å². The molecule has 1 aliphatic rings. The molecule has 0 unspecified atom stereocenters. The van der Waals surface area contributed by atoms with Crippen LogP contribution in [0.4, 0.5) is 4.79 Å². The van der Waals surface area contributed by atoms with E-state index in [9.17, 15) is 4.79 Å². The first kappa shape index (κ1) is 15.3. The van der Waals surface area contributed by atoms with Gasteiger partial charge in [-0.3, -0.25) is 0 Å². The predicted octanol–water partition coefficient (Wildman–Crippen LogP) is 3.46. The summed E-state index contributed by atoms with van der Waals surface area (Å²) in [6.45, 7) is 7.55. The molecule has 0 aromatic rings. The van der Waals surface area contributed by atoms with Crippen molar-refractivity contribution in [3.63, 3.8) is 0 Å². The maximum atomic E-state index is 11.8. The maximum Gasteiger partial charge on any atom is 0.424 e. The van der Waals surface area contributed by atoms with Crippen molar-refractivity contribution in [3.8, 4) is 0 Å². The van der Waals surface area contributed by atoms with Crippen LogP contribution in [0.5, 0.6) is 0 Å². The Bertz CT molecular complexity index is 267. The lowest BCUT2D eigenvalue weighted by molar-refractivity contribution is 0.0146. The van der Waals surface area contributed by atoms with Crippen LogP contribution in [0.25, 0.3) is 0 Å². The van der Waals surface area contributed by atoms with Crippen molar-refractivity contribution in [1.29, 1.82) is 0 Å². The zero-order valence-corrected chi connectivity index (χ0v) is 12.2. The van der Waals surface area contributed by atoms with Crippen molar-refractivity contribution in [2.75, 3.05) is 0 Å². The van der Waals surface area contributed by atoms with Crippen LogP contribution in [0.2, 0.25) is 0 Å². The fourth-order valence-electron chi connectivity index (χ4n) is 2.51. The van der Waals surface area contributed by atoms with E-state index in [4.69, 9.17) is 10.6 Å². The topological polar surface area (TPSA) is 55.6 Å². The normalized spacial score (nSPS) is 19.4. The Morgan fingerprint density at radius 1 is 1.33 bits per heavy atom. The summed E-state index contributed by atoms with van der Waals surface area (Å²) in [4.78, 5) is 11.8. The van der Waals surface area contributed by atoms with Crippen LogP contribution in [0.3, 0.4) is 0 Å². The highest BCUT2D eigenvalue weighted by molar-refractivity contribution is 5.67. The van der Waals surface area contributed by atoms with E-state index in [1.165, 1.54) is 37.1 Å². The lowest BCUT2D eigenvalue weighted by Gasteiger charge is -2.31. The molecule has 4 heteroatoms. The molecule has 18 heavy (non-hydrogen) atoms. The Labute approximate surface area is 111 Å². The van der Waals surface area contributed by atoms with Gasteiger partial charge in [-0.15, -0.1) is 0 Å². The third kappa shape index (κ3) is 5.25. The number of hydrazine groups is 1. The molecule has 1 saturated carbocycles. The minimum absolute atomic E-state index is 0.0444. The number of hydrogen-bond donors (Lipinski definition) is 1. The SMILES string of the molecule is C[C@@H](CC1CCCCC1)N(N)C(=O)OC(C)(C)C. The second kappa shape index (κ2) is 6.41. The zero-order valence-electron chi connectivity index (χ0n) is 12.2. The van der Waals surface area contributed by atoms with Gasteiger partial charge in [0.15, 0.2) is 0 Å². The highest BCUT2D eigenvalue weighted by atomic mass is 16.6. The number of carbonyl (C=O) groups excluding carboxylic acids is 1. The van der Waals surface area contributed by atoms with E-state index in [1.54, 1.807) is 0 Å². The van der Waals surface area contributed by atoms with Crippen molar-refractivity contribution in [2.45, 2.75) is 77.9 Å². The summed E-state index contributed by atoms with van der Waals surface area (Å²) < 4.78 is 5.27. The van der Waals surface area contributed by atoms with Gasteiger partial charge in [0.05, 0.1) is 0 Å². The van der Waals surface area contributed by atoms with Gasteiger partial charge in [0, 0.05) is 6.04 Å². The minimum Gasteiger partial charge on any atom is -0.443 e. The standard InChI is InChI=1S/C14H28N2O2/c1-11(10-12-8-6-5-7-9-12)16(15)13(17)18-14(2,3)4/h11-12H,5-10,15H2,1-4H3/t11-/m0/s1. The number of nitrogens with zero attached hydrogens (tertiary/aromatic N) is 1. The summed E-state index contributed by atoms with van der Waals surface area (Å²) in [5, 5.41) is 1.25. The van der Waals surface area contributed by atoms with Crippen molar-refractivity contribution in [3.05, 3.63) is 0 Å². The van der Waals surface area contributed by atoms with Crippen molar-refractivity contribution >= 4 is 6.09 Å². The largest absolute Gasteiger partial charge is 0.443 e. The highest BCUT2D eigenvalue weighted by Gasteiger charge is 2.26. The van der Waals surface area contributed by atoms with Crippen LogP contribution in [-0.4, -0.2) is 22.7 Å². The quantitative estimate of drug-likeness (QED) is 0.478. The minimum atomic E-state index is -0.487. The summed E-state index contributed by atoms with van der Waals surface area (Å²) >= 11 is 0. The maximum absolute atomic E-state index is 11.8. The first-order chi connectivity index (χ1) is 8.29. The molecule has 0 saturated heterocycles. The van der Waals surface area contributed by atoms with E-state index in [0.717, 1.165) is 6.42 Å². The highest BCUT2D eigenvalue weighted by Crippen LogP contribution is 2.28. The Morgan fingerprint density at radius 3 is 2.39 bits per heavy atom. The van der Waals surface area contributed by atoms with Gasteiger partial charge >= 0.3 is 6.09 Å². The summed E-state index contributed by atoms with van der Waals surface area (Å²) in [5.41, 5.74) is -0.487. The van der Waals surface area contributed by atoms with Crippen LogP contribution < -0.4 is 5.84 Å². The van der Waals surface area contributed by atoms with Crippen LogP contribution in [0.15, 0.2) is 0 Å². The van der Waals surface area contributed by atoms with Crippen LogP contribution in [0, 0.1) is 5.92 Å². The molecule has 1 aliphatic carbocycles. The summed E-state index contributed by atoms with van der Waals surface area (Å²) in [7, 11) is 0. The van der Waals surface area contributed by atoms with E-state index in [0.29, 0.717) is 5.92 Å². The average molecular weight is 256 g/mol. The average Bonchev–Trinajstić information content (AvgIpc) is 2.27. The summed E-state index contributed by atoms with van der Waals surface area (Å²) in [6.07, 6.45) is 7.08. The monoisotopic (exact) mass is 256 g/mol. The Kier molecular flexibility index (Phi) is 5.45. The van der Waals surface area contributed by atoms with Gasteiger partial charge in [0.1, 0.15) is 5.60 Å². The summed E-state index contributed by atoms with van der Waals surface area (Å²) in [5.74, 6) is 6.55. The Hall–Kier alpha value is -0.770. The molecule has 0 aromatic carbocycles. The van der Waals surface area contributed by atoms with Gasteiger partial charge in [-0.05, 0) is 40.0 Å². The lowest BCUT2D eigenvalue weighted by Crippen LogP contribution is -2.47. The van der Waals surface area contributed by atoms with Crippen LogP contribution in [-0.2, 0) is 4.74 Å². The smallest absolute Gasteiger partial charge is 0.424 e. The second-order valence-corrected chi connectivity index (χ2v) is 6.48. The number of carbonyl (C=O) groups is 1. The molecule has 1 atom stereocenters. The molecule has 0 aromatic heterocycles. The van der Waals surface area contributed by atoms with E-state index in [-0.39, 0.29) is 6.04 Å². The fraction of sp³-hybridized carbons (Fsp3) is 0.929. The Morgan fingerprint density at radius 2 is 1.89 bits per heavy atom. The molecule has 0 bridgehead atoms. The number of rotatable bonds is 3. The molecule has 2 N–H and O–H groups in total. The predicted molar refractivity (Wildman–Crippen MR) is 72.9 cm³/mol. The molecular weight excluding hydrogens is 228 g/mol. The lowest BCUT2D eigenvalue weighted by atomic mass is 9.85. The van der Waals surface area contributed by atoms with Gasteiger partial charge in [-0.1, -0.05) is 32.1 Å². The molecule has 1 rings (SSSR count). The first-order valence-electron chi connectivity index (χ1n) is 7.06. The van der Waals surface area contributed by atoms with E-state index in [1.807, 2.05) is 27.7 Å². The zero-order chi connectivity index (χ0) is 13.8. The van der Waals surface area contributed by atoms with Gasteiger partial charge in [-0.2, -0.15) is 0 Å². The van der Waals surface area contributed by atoms with Crippen molar-refractivity contribution in [2.24, 2.45) is 11.8 Å². The molecule has 0 spiro atoms. The number of nitrogens with two attached hydrogens (primary N) is 1. The third-order valence-electron chi connectivity index (χ3n) is 3.48. The van der Waals surface area contributed by atoms with Gasteiger partial charge in [0.25, 0.3) is 0 Å². The molecule has 0 aliphatic heterocycles. The molecule has 1 fully saturated rings. The first-order valence-corrected chi connectivity index (χ1v) is 7.06. The molecule has 0 radical (unpaired) electrons. The molecular formula is C14H28N2O2. The molecule has 0 heterocycles.